The summed E-state index contributed by atoms with van der Waals surface area (Å²) in [7, 11) is 0. The van der Waals surface area contributed by atoms with Crippen LogP contribution in [0.2, 0.25) is 0 Å². The van der Waals surface area contributed by atoms with E-state index in [9.17, 15) is 5.11 Å². The summed E-state index contributed by atoms with van der Waals surface area (Å²) < 4.78 is 1.32. The summed E-state index contributed by atoms with van der Waals surface area (Å²) in [5.74, 6) is 2.14. The van der Waals surface area contributed by atoms with Crippen molar-refractivity contribution in [3.8, 4) is 5.88 Å². The van der Waals surface area contributed by atoms with Crippen molar-refractivity contribution in [1.29, 1.82) is 0 Å². The number of rotatable bonds is 1. The van der Waals surface area contributed by atoms with Gasteiger partial charge in [-0.2, -0.15) is 16.7 Å². The smallest absolute Gasteiger partial charge is 0.252 e. The molecule has 0 aliphatic carbocycles. The van der Waals surface area contributed by atoms with Crippen LogP contribution < -0.4 is 5.11 Å². The van der Waals surface area contributed by atoms with Crippen molar-refractivity contribution in [2.24, 2.45) is 0 Å². The van der Waals surface area contributed by atoms with Gasteiger partial charge in [-0.15, -0.1) is 5.10 Å². The highest BCUT2D eigenvalue weighted by Gasteiger charge is 2.16. The van der Waals surface area contributed by atoms with Crippen molar-refractivity contribution in [2.45, 2.75) is 17.3 Å². The molecule has 16 heavy (non-hydrogen) atoms. The van der Waals surface area contributed by atoms with Crippen LogP contribution in [-0.2, 0) is 12.2 Å². The summed E-state index contributed by atoms with van der Waals surface area (Å²) in [6.07, 6.45) is 2.74. The van der Waals surface area contributed by atoms with Crippen LogP contribution >= 0.6 is 23.5 Å². The van der Waals surface area contributed by atoms with Crippen LogP contribution in [0.15, 0.2) is 5.16 Å². The Kier molecular flexibility index (Phi) is 2.44. The number of hydrogen-bond donors (Lipinski definition) is 0. The molecule has 7 heteroatoms. The van der Waals surface area contributed by atoms with Gasteiger partial charge in [0.25, 0.3) is 5.78 Å². The van der Waals surface area contributed by atoms with Crippen LogP contribution in [0, 0.1) is 0 Å². The average Bonchev–Trinajstić information content (AvgIpc) is 2.73. The fourth-order valence-electron chi connectivity index (χ4n) is 1.71. The summed E-state index contributed by atoms with van der Waals surface area (Å²) >= 11 is 3.18. The molecule has 3 rings (SSSR count). The van der Waals surface area contributed by atoms with Crippen molar-refractivity contribution in [2.75, 3.05) is 12.0 Å². The van der Waals surface area contributed by atoms with Gasteiger partial charge in [0.1, 0.15) is 0 Å². The Balaban J connectivity index is 2.28. The number of thioether (sulfide) groups is 2. The molecule has 0 radical (unpaired) electrons. The quantitative estimate of drug-likeness (QED) is 0.697. The lowest BCUT2D eigenvalue weighted by Gasteiger charge is -2.21. The van der Waals surface area contributed by atoms with E-state index in [4.69, 9.17) is 0 Å². The number of aromatic nitrogens is 4. The van der Waals surface area contributed by atoms with Crippen LogP contribution in [0.5, 0.6) is 5.88 Å². The fraction of sp³-hybridized carbons (Fsp3) is 0.444. The number of hydrogen-bond acceptors (Lipinski definition) is 6. The van der Waals surface area contributed by atoms with Crippen LogP contribution in [0.3, 0.4) is 0 Å². The molecule has 0 saturated carbocycles. The minimum absolute atomic E-state index is 0.0556. The van der Waals surface area contributed by atoms with Gasteiger partial charge in [0.2, 0.25) is 5.16 Å². The largest absolute Gasteiger partial charge is 0.858 e. The molecule has 3 heterocycles. The molecule has 5 nitrogen and oxygen atoms in total. The number of nitrogens with zero attached hydrogens (tertiary/aromatic N) is 4. The molecule has 0 saturated heterocycles. The molecule has 1 aliphatic heterocycles. The molecule has 0 fully saturated rings. The molecule has 0 spiro atoms. The monoisotopic (exact) mass is 253 g/mol. The number of aryl methyl sites for hydroxylation is 1. The summed E-state index contributed by atoms with van der Waals surface area (Å²) in [5.41, 5.74) is 1.69. The van der Waals surface area contributed by atoms with Gasteiger partial charge in [-0.25, -0.2) is 9.50 Å². The van der Waals surface area contributed by atoms with Crippen LogP contribution in [0.1, 0.15) is 11.3 Å². The Hall–Kier alpha value is -0.950. The van der Waals surface area contributed by atoms with Crippen LogP contribution in [0.4, 0.5) is 0 Å². The van der Waals surface area contributed by atoms with Crippen molar-refractivity contribution in [3.05, 3.63) is 11.3 Å². The van der Waals surface area contributed by atoms with E-state index in [2.05, 4.69) is 15.1 Å². The minimum atomic E-state index is -0.0556. The first kappa shape index (κ1) is 10.2. The Labute approximate surface area is 101 Å². The second-order valence-electron chi connectivity index (χ2n) is 3.46. The number of fused-ring (bicyclic) bond motifs is 2. The zero-order chi connectivity index (χ0) is 11.1. The van der Waals surface area contributed by atoms with E-state index in [0.717, 1.165) is 29.2 Å². The molecule has 1 aliphatic rings. The molecule has 2 aromatic heterocycles. The lowest BCUT2D eigenvalue weighted by atomic mass is 10.2. The van der Waals surface area contributed by atoms with E-state index in [1.165, 1.54) is 16.3 Å². The molecule has 0 unspecified atom stereocenters. The topological polar surface area (TPSA) is 66.1 Å². The first-order chi connectivity index (χ1) is 7.79. The zero-order valence-electron chi connectivity index (χ0n) is 8.63. The van der Waals surface area contributed by atoms with Crippen molar-refractivity contribution < 1.29 is 5.11 Å². The standard InChI is InChI=1S/C9H10N4OS2/c1-15-9-11-8-10-6-2-3-16-4-5(6)7(14)13(8)12-9/h14H,2-4H2,1H3/p-1. The van der Waals surface area contributed by atoms with Gasteiger partial charge >= 0.3 is 0 Å². The molecule has 0 bridgehead atoms. The second-order valence-corrected chi connectivity index (χ2v) is 5.33. The normalized spacial score (nSPS) is 15.3. The zero-order valence-corrected chi connectivity index (χ0v) is 10.3. The van der Waals surface area contributed by atoms with Crippen molar-refractivity contribution in [3.63, 3.8) is 0 Å². The van der Waals surface area contributed by atoms with Gasteiger partial charge in [0.05, 0.1) is 5.69 Å². The lowest BCUT2D eigenvalue weighted by molar-refractivity contribution is -0.278. The molecular weight excluding hydrogens is 244 g/mol. The average molecular weight is 253 g/mol. The minimum Gasteiger partial charge on any atom is -0.858 e. The van der Waals surface area contributed by atoms with E-state index in [0.29, 0.717) is 10.9 Å². The Morgan fingerprint density at radius 3 is 3.12 bits per heavy atom. The molecular formula is C9H9N4OS2-. The SMILES string of the molecule is CSc1nc2nc3c(c([O-])n2n1)CSCC3. The maximum absolute atomic E-state index is 12.1. The Morgan fingerprint density at radius 2 is 2.31 bits per heavy atom. The van der Waals surface area contributed by atoms with Crippen molar-refractivity contribution in [1.82, 2.24) is 19.6 Å². The van der Waals surface area contributed by atoms with E-state index in [-0.39, 0.29) is 5.88 Å². The van der Waals surface area contributed by atoms with Gasteiger partial charge in [-0.3, -0.25) is 0 Å². The molecule has 84 valence electrons. The highest BCUT2D eigenvalue weighted by Crippen LogP contribution is 2.29. The highest BCUT2D eigenvalue weighted by atomic mass is 32.2. The van der Waals surface area contributed by atoms with Gasteiger partial charge in [-0.05, 0) is 29.9 Å². The predicted octanol–water partition coefficient (Wildman–Crippen LogP) is 0.709. The van der Waals surface area contributed by atoms with Gasteiger partial charge in [0.15, 0.2) is 0 Å². The Bertz CT molecular complexity index is 554. The van der Waals surface area contributed by atoms with E-state index < -0.39 is 0 Å². The van der Waals surface area contributed by atoms with Gasteiger partial charge in [-0.1, -0.05) is 11.8 Å². The van der Waals surface area contributed by atoms with Crippen LogP contribution in [-0.4, -0.2) is 31.6 Å². The molecule has 0 atom stereocenters. The molecule has 0 aromatic carbocycles. The second kappa shape index (κ2) is 3.81. The van der Waals surface area contributed by atoms with E-state index in [1.807, 2.05) is 6.26 Å². The van der Waals surface area contributed by atoms with Gasteiger partial charge < -0.3 is 5.11 Å². The summed E-state index contributed by atoms with van der Waals surface area (Å²) in [6.45, 7) is 0. The van der Waals surface area contributed by atoms with Crippen LogP contribution in [0.25, 0.3) is 5.78 Å². The third-order valence-electron chi connectivity index (χ3n) is 2.52. The summed E-state index contributed by atoms with van der Waals surface area (Å²) in [4.78, 5) is 8.60. The molecule has 0 N–H and O–H groups in total. The predicted molar refractivity (Wildman–Crippen MR) is 61.9 cm³/mol. The molecule has 0 amide bonds. The van der Waals surface area contributed by atoms with Gasteiger partial charge in [0, 0.05) is 5.75 Å². The third kappa shape index (κ3) is 1.46. The van der Waals surface area contributed by atoms with E-state index in [1.54, 1.807) is 11.8 Å². The van der Waals surface area contributed by atoms with Crippen molar-refractivity contribution >= 4 is 29.3 Å². The van der Waals surface area contributed by atoms with E-state index >= 15 is 0 Å². The summed E-state index contributed by atoms with van der Waals surface area (Å²) in [5, 5.41) is 16.8. The maximum Gasteiger partial charge on any atom is 0.252 e. The third-order valence-corrected chi connectivity index (χ3v) is 4.04. The summed E-state index contributed by atoms with van der Waals surface area (Å²) in [6, 6.07) is 0. The first-order valence-electron chi connectivity index (χ1n) is 4.87. The lowest BCUT2D eigenvalue weighted by Crippen LogP contribution is -2.14. The Morgan fingerprint density at radius 1 is 1.44 bits per heavy atom. The highest BCUT2D eigenvalue weighted by molar-refractivity contribution is 7.98. The first-order valence-corrected chi connectivity index (χ1v) is 7.25. The maximum atomic E-state index is 12.1. The fourth-order valence-corrected chi connectivity index (χ4v) is 3.03. The molecule has 2 aromatic rings.